The Morgan fingerprint density at radius 3 is 2.44 bits per heavy atom. The number of aromatic nitrogens is 2. The summed E-state index contributed by atoms with van der Waals surface area (Å²) in [5.74, 6) is 0.883. The summed E-state index contributed by atoms with van der Waals surface area (Å²) in [5, 5.41) is 20.3. The quantitative estimate of drug-likeness (QED) is 0.511. The van der Waals surface area contributed by atoms with Crippen molar-refractivity contribution in [2.75, 3.05) is 20.1 Å². The van der Waals surface area contributed by atoms with Gasteiger partial charge in [0.1, 0.15) is 5.69 Å². The van der Waals surface area contributed by atoms with Crippen molar-refractivity contribution in [3.05, 3.63) is 58.2 Å². The molecular weight excluding hydrogens is 432 g/mol. The average Bonchev–Trinajstić information content (AvgIpc) is 3.54. The Morgan fingerprint density at radius 2 is 1.78 bits per heavy atom. The molecule has 0 atom stereocenters. The van der Waals surface area contributed by atoms with Gasteiger partial charge in [-0.05, 0) is 62.1 Å². The zero-order valence-corrected chi connectivity index (χ0v) is 18.8. The van der Waals surface area contributed by atoms with Gasteiger partial charge < -0.3 is 14.7 Å². The molecule has 0 unspecified atom stereocenters. The third-order valence-electron chi connectivity index (χ3n) is 4.70. The summed E-state index contributed by atoms with van der Waals surface area (Å²) in [6.07, 6.45) is 6.23. The average molecular weight is 461 g/mol. The summed E-state index contributed by atoms with van der Waals surface area (Å²) in [6, 6.07) is 8.25. The summed E-state index contributed by atoms with van der Waals surface area (Å²) in [7, 11) is 2.12. The Bertz CT molecular complexity index is 919. The van der Waals surface area contributed by atoms with E-state index in [0.717, 1.165) is 36.7 Å². The van der Waals surface area contributed by atoms with Gasteiger partial charge in [-0.3, -0.25) is 24.4 Å². The van der Waals surface area contributed by atoms with E-state index in [0.29, 0.717) is 0 Å². The van der Waals surface area contributed by atoms with Gasteiger partial charge in [0.25, 0.3) is 12.9 Å². The summed E-state index contributed by atoms with van der Waals surface area (Å²) in [6.45, 7) is 4.76. The Kier molecular flexibility index (Phi) is 11.1. The standard InChI is InChI=1S/C20H24N4OS.2CH2O2/c1-23(13-18-11-20(22-25-18)17-4-6-21-7-5-17)14-19-10-16(15-26-19)12-24-8-2-3-9-24;2*2-1-3/h4-7,10-11,15H,2-3,8-9,12-14H2,1H3;2*1H,(H,2,3). The minimum atomic E-state index is -0.250. The van der Waals surface area contributed by atoms with Crippen LogP contribution in [0.15, 0.2) is 46.6 Å². The smallest absolute Gasteiger partial charge is 0.290 e. The largest absolute Gasteiger partial charge is 0.483 e. The van der Waals surface area contributed by atoms with E-state index in [4.69, 9.17) is 24.3 Å². The van der Waals surface area contributed by atoms with Crippen molar-refractivity contribution in [3.8, 4) is 11.3 Å². The van der Waals surface area contributed by atoms with Gasteiger partial charge in [-0.2, -0.15) is 0 Å². The lowest BCUT2D eigenvalue weighted by Crippen LogP contribution is -2.18. The van der Waals surface area contributed by atoms with Gasteiger partial charge in [0.05, 0.1) is 6.54 Å². The van der Waals surface area contributed by atoms with Crippen LogP contribution in [0.3, 0.4) is 0 Å². The van der Waals surface area contributed by atoms with E-state index in [2.05, 4.69) is 38.4 Å². The highest BCUT2D eigenvalue weighted by Gasteiger charge is 2.14. The molecule has 1 aliphatic rings. The highest BCUT2D eigenvalue weighted by Crippen LogP contribution is 2.22. The lowest BCUT2D eigenvalue weighted by atomic mass is 10.2. The van der Waals surface area contributed by atoms with Crippen LogP contribution in [-0.4, -0.2) is 63.2 Å². The maximum absolute atomic E-state index is 8.36. The Hall–Kier alpha value is -3.08. The maximum atomic E-state index is 8.36. The van der Waals surface area contributed by atoms with Gasteiger partial charge in [-0.15, -0.1) is 11.3 Å². The number of thiophene rings is 1. The molecular formula is C22H28N4O5S. The zero-order chi connectivity index (χ0) is 23.2. The fraction of sp³-hybridized carbons (Fsp3) is 0.364. The lowest BCUT2D eigenvalue weighted by molar-refractivity contribution is -0.123. The number of hydrogen-bond donors (Lipinski definition) is 2. The molecule has 0 bridgehead atoms. The predicted molar refractivity (Wildman–Crippen MR) is 121 cm³/mol. The molecule has 1 aliphatic heterocycles. The highest BCUT2D eigenvalue weighted by molar-refractivity contribution is 7.10. The Morgan fingerprint density at radius 1 is 1.12 bits per heavy atom. The van der Waals surface area contributed by atoms with Gasteiger partial charge in [-0.1, -0.05) is 5.16 Å². The van der Waals surface area contributed by atoms with Gasteiger partial charge in [0.15, 0.2) is 5.76 Å². The van der Waals surface area contributed by atoms with Crippen molar-refractivity contribution in [3.63, 3.8) is 0 Å². The zero-order valence-electron chi connectivity index (χ0n) is 18.0. The molecule has 3 aromatic rings. The third-order valence-corrected chi connectivity index (χ3v) is 5.67. The first-order valence-corrected chi connectivity index (χ1v) is 11.0. The molecule has 9 nitrogen and oxygen atoms in total. The molecule has 2 N–H and O–H groups in total. The second-order valence-electron chi connectivity index (χ2n) is 7.20. The molecule has 4 rings (SSSR count). The summed E-state index contributed by atoms with van der Waals surface area (Å²) in [4.78, 5) is 27.0. The van der Waals surface area contributed by atoms with Crippen LogP contribution in [0.5, 0.6) is 0 Å². The number of likely N-dealkylation sites (tertiary alicyclic amines) is 1. The molecule has 32 heavy (non-hydrogen) atoms. The number of carbonyl (C=O) groups is 2. The van der Waals surface area contributed by atoms with Crippen molar-refractivity contribution in [2.45, 2.75) is 32.5 Å². The topological polar surface area (TPSA) is 120 Å². The molecule has 0 saturated carbocycles. The first-order valence-electron chi connectivity index (χ1n) is 10.1. The molecule has 3 aromatic heterocycles. The molecule has 1 saturated heterocycles. The second-order valence-corrected chi connectivity index (χ2v) is 8.20. The summed E-state index contributed by atoms with van der Waals surface area (Å²) < 4.78 is 5.51. The van der Waals surface area contributed by atoms with Crippen LogP contribution >= 0.6 is 11.3 Å². The van der Waals surface area contributed by atoms with Crippen molar-refractivity contribution in [1.82, 2.24) is 19.9 Å². The maximum Gasteiger partial charge on any atom is 0.290 e. The van der Waals surface area contributed by atoms with Crippen LogP contribution in [-0.2, 0) is 29.2 Å². The number of pyridine rings is 1. The molecule has 0 aliphatic carbocycles. The molecule has 172 valence electrons. The van der Waals surface area contributed by atoms with E-state index in [-0.39, 0.29) is 12.9 Å². The molecule has 10 heteroatoms. The van der Waals surface area contributed by atoms with Crippen molar-refractivity contribution in [1.29, 1.82) is 0 Å². The minimum absolute atomic E-state index is 0.250. The van der Waals surface area contributed by atoms with Crippen molar-refractivity contribution < 1.29 is 24.3 Å². The monoisotopic (exact) mass is 460 g/mol. The summed E-state index contributed by atoms with van der Waals surface area (Å²) >= 11 is 1.85. The number of rotatable bonds is 7. The van der Waals surface area contributed by atoms with Crippen LogP contribution in [0.2, 0.25) is 0 Å². The van der Waals surface area contributed by atoms with E-state index in [9.17, 15) is 0 Å². The highest BCUT2D eigenvalue weighted by atomic mass is 32.1. The van der Waals surface area contributed by atoms with Crippen LogP contribution < -0.4 is 0 Å². The fourth-order valence-corrected chi connectivity index (χ4v) is 4.38. The van der Waals surface area contributed by atoms with Gasteiger partial charge >= 0.3 is 0 Å². The first-order chi connectivity index (χ1) is 15.6. The van der Waals surface area contributed by atoms with E-state index in [1.54, 1.807) is 12.4 Å². The normalized spacial score (nSPS) is 13.1. The van der Waals surface area contributed by atoms with Gasteiger partial charge in [0.2, 0.25) is 0 Å². The number of nitrogens with zero attached hydrogens (tertiary/aromatic N) is 4. The first kappa shape index (κ1) is 25.2. The van der Waals surface area contributed by atoms with Gasteiger partial charge in [0, 0.05) is 42.0 Å². The molecule has 0 radical (unpaired) electrons. The SMILES string of the molecule is CN(Cc1cc(-c2ccncc2)no1)Cc1cc(CN2CCCC2)cs1.O=CO.O=CO. The van der Waals surface area contributed by atoms with Gasteiger partial charge in [-0.25, -0.2) is 0 Å². The Balaban J connectivity index is 0.000000547. The van der Waals surface area contributed by atoms with Crippen LogP contribution in [0.4, 0.5) is 0 Å². The number of hydrogen-bond acceptors (Lipinski definition) is 8. The number of carboxylic acid groups (broad SMARTS) is 2. The fourth-order valence-electron chi connectivity index (χ4n) is 3.43. The van der Waals surface area contributed by atoms with Crippen molar-refractivity contribution in [2.24, 2.45) is 0 Å². The third kappa shape index (κ3) is 8.58. The van der Waals surface area contributed by atoms with E-state index < -0.39 is 0 Å². The molecule has 0 aromatic carbocycles. The lowest BCUT2D eigenvalue weighted by Gasteiger charge is -2.14. The molecule has 1 fully saturated rings. The van der Waals surface area contributed by atoms with Crippen LogP contribution in [0.1, 0.15) is 29.0 Å². The minimum Gasteiger partial charge on any atom is -0.483 e. The molecule has 0 spiro atoms. The van der Waals surface area contributed by atoms with E-state index in [1.165, 1.54) is 36.4 Å². The van der Waals surface area contributed by atoms with Crippen LogP contribution in [0.25, 0.3) is 11.3 Å². The van der Waals surface area contributed by atoms with Crippen LogP contribution in [0, 0.1) is 0 Å². The predicted octanol–water partition coefficient (Wildman–Crippen LogP) is 3.43. The van der Waals surface area contributed by atoms with E-state index >= 15 is 0 Å². The van der Waals surface area contributed by atoms with E-state index in [1.807, 2.05) is 29.5 Å². The summed E-state index contributed by atoms with van der Waals surface area (Å²) in [5.41, 5.74) is 3.34. The second kappa shape index (κ2) is 14.1. The Labute approximate surface area is 190 Å². The molecule has 4 heterocycles. The van der Waals surface area contributed by atoms with Crippen molar-refractivity contribution >= 4 is 24.3 Å². The molecule has 0 amide bonds.